The summed E-state index contributed by atoms with van der Waals surface area (Å²) in [5.41, 5.74) is 4.58. The molecule has 0 fully saturated rings. The van der Waals surface area contributed by atoms with Crippen LogP contribution < -0.4 is 0 Å². The molecular formula is C24H18BrN3O3. The third-order valence-corrected chi connectivity index (χ3v) is 6.07. The second-order valence-corrected chi connectivity index (χ2v) is 8.29. The number of fused-ring (bicyclic) bond motifs is 2. The van der Waals surface area contributed by atoms with Gasteiger partial charge >= 0.3 is 0 Å². The van der Waals surface area contributed by atoms with Crippen LogP contribution in [-0.4, -0.2) is 31.1 Å². The van der Waals surface area contributed by atoms with Gasteiger partial charge in [-0.2, -0.15) is 0 Å². The van der Waals surface area contributed by atoms with Crippen molar-refractivity contribution in [3.8, 4) is 11.5 Å². The van der Waals surface area contributed by atoms with E-state index in [0.29, 0.717) is 5.71 Å². The zero-order valence-electron chi connectivity index (χ0n) is 16.2. The lowest BCUT2D eigenvalue weighted by molar-refractivity contribution is 0.317. The second-order valence-electron chi connectivity index (χ2n) is 7.37. The molecule has 6 nitrogen and oxygen atoms in total. The fourth-order valence-electron chi connectivity index (χ4n) is 4.10. The molecule has 0 saturated heterocycles. The molecule has 2 aromatic heterocycles. The molecule has 0 bridgehead atoms. The summed E-state index contributed by atoms with van der Waals surface area (Å²) in [6.45, 7) is 0. The third kappa shape index (κ3) is 3.33. The van der Waals surface area contributed by atoms with Gasteiger partial charge in [-0.3, -0.25) is 0 Å². The quantitative estimate of drug-likeness (QED) is 0.128. The molecule has 0 aliphatic heterocycles. The molecule has 0 unspecified atom stereocenters. The van der Waals surface area contributed by atoms with Gasteiger partial charge in [0, 0.05) is 44.2 Å². The van der Waals surface area contributed by atoms with E-state index < -0.39 is 5.92 Å². The van der Waals surface area contributed by atoms with Crippen LogP contribution in [0.2, 0.25) is 0 Å². The Balaban J connectivity index is 1.80. The van der Waals surface area contributed by atoms with Gasteiger partial charge in [-0.15, -0.1) is 0 Å². The number of hydrogen-bond acceptors (Lipinski definition) is 4. The van der Waals surface area contributed by atoms with Crippen molar-refractivity contribution in [1.29, 1.82) is 0 Å². The lowest BCUT2D eigenvalue weighted by atomic mass is 9.84. The summed E-state index contributed by atoms with van der Waals surface area (Å²) in [5, 5.41) is 35.7. The van der Waals surface area contributed by atoms with E-state index in [0.717, 1.165) is 43.0 Å². The number of nitrogens with one attached hydrogen (secondary N) is 2. The number of aromatic amines is 2. The lowest BCUT2D eigenvalue weighted by Crippen LogP contribution is -2.15. The van der Waals surface area contributed by atoms with Crippen molar-refractivity contribution in [2.45, 2.75) is 5.92 Å². The maximum absolute atomic E-state index is 10.1. The fourth-order valence-corrected chi connectivity index (χ4v) is 4.37. The van der Waals surface area contributed by atoms with Crippen LogP contribution in [0.25, 0.3) is 21.8 Å². The predicted octanol–water partition coefficient (Wildman–Crippen LogP) is 5.83. The third-order valence-electron chi connectivity index (χ3n) is 5.54. The van der Waals surface area contributed by atoms with Crippen molar-refractivity contribution >= 4 is 43.4 Å². The summed E-state index contributed by atoms with van der Waals surface area (Å²) >= 11 is 3.44. The SMILES string of the molecule is O/N=C(\c1ccc(Br)cc1)C(c1c[nH]c2ccc(O)cc12)c1c[nH]c2ccc(O)cc12. The Bertz CT molecular complexity index is 1350. The molecule has 5 aromatic rings. The number of phenols is 2. The van der Waals surface area contributed by atoms with E-state index in [9.17, 15) is 15.4 Å². The Kier molecular flexibility index (Phi) is 4.67. The van der Waals surface area contributed by atoms with Crippen molar-refractivity contribution in [2.24, 2.45) is 5.16 Å². The molecule has 2 heterocycles. The van der Waals surface area contributed by atoms with Crippen LogP contribution in [0.15, 0.2) is 82.7 Å². The zero-order chi connectivity index (χ0) is 21.5. The number of rotatable bonds is 4. The molecule has 0 aliphatic rings. The Hall–Kier alpha value is -3.71. The average molecular weight is 476 g/mol. The minimum Gasteiger partial charge on any atom is -0.508 e. The first-order chi connectivity index (χ1) is 15.0. The van der Waals surface area contributed by atoms with Crippen LogP contribution in [0.4, 0.5) is 0 Å². The van der Waals surface area contributed by atoms with E-state index in [1.807, 2.05) is 48.8 Å². The van der Waals surface area contributed by atoms with Gasteiger partial charge in [0.05, 0.1) is 11.6 Å². The summed E-state index contributed by atoms with van der Waals surface area (Å²) in [5.74, 6) is -0.179. The Labute approximate surface area is 185 Å². The largest absolute Gasteiger partial charge is 0.508 e. The average Bonchev–Trinajstić information content (AvgIpc) is 3.36. The molecule has 31 heavy (non-hydrogen) atoms. The number of aromatic hydroxyl groups is 2. The molecule has 0 aliphatic carbocycles. The summed E-state index contributed by atoms with van der Waals surface area (Å²) in [6, 6.07) is 17.8. The second kappa shape index (κ2) is 7.52. The van der Waals surface area contributed by atoms with Crippen molar-refractivity contribution in [2.75, 3.05) is 0 Å². The minimum absolute atomic E-state index is 0.148. The predicted molar refractivity (Wildman–Crippen MR) is 124 cm³/mol. The summed E-state index contributed by atoms with van der Waals surface area (Å²) in [4.78, 5) is 6.48. The first kappa shape index (κ1) is 19.3. The van der Waals surface area contributed by atoms with Gasteiger partial charge in [-0.1, -0.05) is 33.2 Å². The Morgan fingerprint density at radius 3 is 1.77 bits per heavy atom. The summed E-state index contributed by atoms with van der Waals surface area (Å²) in [6.07, 6.45) is 3.72. The topological polar surface area (TPSA) is 105 Å². The Morgan fingerprint density at radius 1 is 0.774 bits per heavy atom. The molecule has 0 amide bonds. The minimum atomic E-state index is -0.475. The first-order valence-electron chi connectivity index (χ1n) is 9.63. The summed E-state index contributed by atoms with van der Waals surface area (Å²) in [7, 11) is 0. The molecule has 5 N–H and O–H groups in total. The number of oxime groups is 1. The number of halogens is 1. The van der Waals surface area contributed by atoms with Gasteiger partial charge in [0.1, 0.15) is 11.5 Å². The van der Waals surface area contributed by atoms with Crippen molar-refractivity contribution < 1.29 is 15.4 Å². The van der Waals surface area contributed by atoms with Crippen LogP contribution in [0.5, 0.6) is 11.5 Å². The van der Waals surface area contributed by atoms with Gasteiger partial charge in [0.25, 0.3) is 0 Å². The smallest absolute Gasteiger partial charge is 0.116 e. The standard InChI is InChI=1S/C24H18BrN3O3/c25-14-3-1-13(2-4-14)24(28-31)23(19-11-26-21-7-5-15(29)9-17(19)21)20-12-27-22-8-6-16(30)10-18(20)22/h1-12,23,26-27,29-31H/b28-24+. The summed E-state index contributed by atoms with van der Waals surface area (Å²) < 4.78 is 0.916. The Morgan fingerprint density at radius 2 is 1.29 bits per heavy atom. The monoisotopic (exact) mass is 475 g/mol. The van der Waals surface area contributed by atoms with E-state index >= 15 is 0 Å². The van der Waals surface area contributed by atoms with E-state index in [-0.39, 0.29) is 11.5 Å². The highest BCUT2D eigenvalue weighted by molar-refractivity contribution is 9.10. The highest BCUT2D eigenvalue weighted by Crippen LogP contribution is 2.39. The maximum Gasteiger partial charge on any atom is 0.116 e. The number of phenolic OH excluding ortho intramolecular Hbond substituents is 2. The molecule has 0 saturated carbocycles. The molecule has 3 aromatic carbocycles. The number of H-pyrrole nitrogens is 2. The number of hydrogen-bond donors (Lipinski definition) is 5. The van der Waals surface area contributed by atoms with Crippen molar-refractivity contribution in [1.82, 2.24) is 9.97 Å². The molecular weight excluding hydrogens is 458 g/mol. The van der Waals surface area contributed by atoms with Crippen LogP contribution in [0.1, 0.15) is 22.6 Å². The van der Waals surface area contributed by atoms with E-state index in [1.165, 1.54) is 0 Å². The van der Waals surface area contributed by atoms with Gasteiger partial charge in [0.2, 0.25) is 0 Å². The molecule has 5 rings (SSSR count). The van der Waals surface area contributed by atoms with Gasteiger partial charge in [0.15, 0.2) is 0 Å². The van der Waals surface area contributed by atoms with Gasteiger partial charge in [-0.25, -0.2) is 0 Å². The van der Waals surface area contributed by atoms with Crippen LogP contribution in [0, 0.1) is 0 Å². The highest BCUT2D eigenvalue weighted by atomic mass is 79.9. The molecule has 7 heteroatoms. The normalized spacial score (nSPS) is 12.3. The van der Waals surface area contributed by atoms with Crippen molar-refractivity contribution in [3.63, 3.8) is 0 Å². The number of aromatic nitrogens is 2. The zero-order valence-corrected chi connectivity index (χ0v) is 17.8. The van der Waals surface area contributed by atoms with Crippen LogP contribution in [0.3, 0.4) is 0 Å². The first-order valence-corrected chi connectivity index (χ1v) is 10.4. The van der Waals surface area contributed by atoms with Crippen molar-refractivity contribution in [3.05, 3.63) is 94.2 Å². The molecule has 0 atom stereocenters. The lowest BCUT2D eigenvalue weighted by Gasteiger charge is -2.19. The number of nitrogens with zero attached hydrogens (tertiary/aromatic N) is 1. The van der Waals surface area contributed by atoms with E-state index in [4.69, 9.17) is 0 Å². The highest BCUT2D eigenvalue weighted by Gasteiger charge is 2.28. The van der Waals surface area contributed by atoms with E-state index in [1.54, 1.807) is 24.3 Å². The molecule has 0 radical (unpaired) electrons. The van der Waals surface area contributed by atoms with Crippen LogP contribution >= 0.6 is 15.9 Å². The van der Waals surface area contributed by atoms with Gasteiger partial charge in [-0.05, 0) is 59.7 Å². The van der Waals surface area contributed by atoms with E-state index in [2.05, 4.69) is 31.1 Å². The van der Waals surface area contributed by atoms with Gasteiger partial charge < -0.3 is 25.4 Å². The number of benzene rings is 3. The molecule has 154 valence electrons. The fraction of sp³-hybridized carbons (Fsp3) is 0.0417. The molecule has 0 spiro atoms. The van der Waals surface area contributed by atoms with Crippen LogP contribution in [-0.2, 0) is 0 Å². The maximum atomic E-state index is 10.1.